The first-order chi connectivity index (χ1) is 17.8. The summed E-state index contributed by atoms with van der Waals surface area (Å²) in [7, 11) is -2.74. The molecule has 0 saturated carbocycles. The maximum atomic E-state index is 10.4. The second-order valence-corrected chi connectivity index (χ2v) is 14.6. The second-order valence-electron chi connectivity index (χ2n) is 12.0. The third-order valence-corrected chi connectivity index (χ3v) is 5.41. The Morgan fingerprint density at radius 2 is 0.881 bits per heavy atom. The summed E-state index contributed by atoms with van der Waals surface area (Å²) in [6.07, 6.45) is 5.10. The van der Waals surface area contributed by atoms with Crippen LogP contribution in [0.25, 0.3) is 0 Å². The van der Waals surface area contributed by atoms with Gasteiger partial charge in [0.25, 0.3) is 0 Å². The third-order valence-electron chi connectivity index (χ3n) is 3.70. The molecule has 0 rings (SSSR count). The van der Waals surface area contributed by atoms with Gasteiger partial charge in [0.15, 0.2) is 0 Å². The monoisotopic (exact) mass is 629 g/mol. The second kappa shape index (κ2) is 43.9. The average Bonchev–Trinajstić information content (AvgIpc) is 2.77. The van der Waals surface area contributed by atoms with E-state index in [4.69, 9.17) is 0 Å². The predicted octanol–water partition coefficient (Wildman–Crippen LogP) is 11.2. The van der Waals surface area contributed by atoms with E-state index in [1.54, 1.807) is 34.6 Å². The molecular weight excluding hydrogens is 548 g/mol. The van der Waals surface area contributed by atoms with Crippen molar-refractivity contribution in [1.82, 2.24) is 0 Å². The largest absolute Gasteiger partial charge is 0.435 e. The van der Waals surface area contributed by atoms with Gasteiger partial charge >= 0.3 is 5.97 Å². The van der Waals surface area contributed by atoms with Crippen LogP contribution in [-0.2, 0) is 29.0 Å². The lowest BCUT2D eigenvalue weighted by molar-refractivity contribution is -0.137. The quantitative estimate of drug-likeness (QED) is 0.214. The number of esters is 1. The van der Waals surface area contributed by atoms with Crippen molar-refractivity contribution in [2.45, 2.75) is 171 Å². The van der Waals surface area contributed by atoms with E-state index in [-0.39, 0.29) is 43.6 Å². The lowest BCUT2D eigenvalue weighted by atomic mass is 10.1. The molecule has 0 spiro atoms. The van der Waals surface area contributed by atoms with Crippen LogP contribution in [0.3, 0.4) is 0 Å². The van der Waals surface area contributed by atoms with Gasteiger partial charge in [-0.3, -0.25) is 9.59 Å². The molecule has 0 heterocycles. The zero-order valence-electron chi connectivity index (χ0n) is 30.4. The average molecular weight is 629 g/mol. The van der Waals surface area contributed by atoms with Crippen LogP contribution in [0.1, 0.15) is 166 Å². The summed E-state index contributed by atoms with van der Waals surface area (Å²) in [6, 6.07) is 0. The molecule has 0 fully saturated rings. The van der Waals surface area contributed by atoms with E-state index in [1.165, 1.54) is 18.9 Å². The van der Waals surface area contributed by atoms with Crippen molar-refractivity contribution < 1.29 is 27.5 Å². The zero-order chi connectivity index (χ0) is 34.2. The fourth-order valence-corrected chi connectivity index (χ4v) is 0.267. The summed E-state index contributed by atoms with van der Waals surface area (Å²) >= 11 is 0. The standard InChI is InChI=1S/C7H12O2.C5H10O.C5H12.C4H10O2S.C4H8O.2C4H10.2CH4/c1-4-7(8)9-5-6(2)3;1-4(2)5(3)6;1-4-5(2)3;1-4(2)7(3,5)6;1-3-4(2)5;2*1-4(2)3;;/h5H,4H2,1-3H3;4H,1-3H3;5H,4H2,1-3H3;4H,1-3H3;3H2,1-2H3;2*4H,1-3H3;2*1H4. The number of hydrogen-bond acceptors (Lipinski definition) is 6. The molecule has 6 nitrogen and oxygen atoms in total. The highest BCUT2D eigenvalue weighted by Crippen LogP contribution is 1.94. The van der Waals surface area contributed by atoms with Crippen LogP contribution in [0.15, 0.2) is 11.8 Å². The van der Waals surface area contributed by atoms with Gasteiger partial charge in [0.2, 0.25) is 0 Å². The zero-order valence-corrected chi connectivity index (χ0v) is 31.3. The predicted molar refractivity (Wildman–Crippen MR) is 192 cm³/mol. The van der Waals surface area contributed by atoms with E-state index in [2.05, 4.69) is 67.1 Å². The first-order valence-electron chi connectivity index (χ1n) is 14.8. The molecule has 0 amide bonds. The van der Waals surface area contributed by atoms with E-state index in [0.29, 0.717) is 12.8 Å². The highest BCUT2D eigenvalue weighted by molar-refractivity contribution is 7.91. The van der Waals surface area contributed by atoms with Gasteiger partial charge in [-0.25, -0.2) is 8.42 Å². The SMILES string of the molecule is C.C.CC(=O)C(C)C.CC(C)C.CC(C)C.CC(C)S(C)(=O)=O.CCC(=O)OC=C(C)C.CCC(C)=O.CCC(C)C. The number of ketones is 2. The van der Waals surface area contributed by atoms with Gasteiger partial charge in [-0.1, -0.05) is 111 Å². The summed E-state index contributed by atoms with van der Waals surface area (Å²) in [5, 5.41) is -0.229. The normalized spacial score (nSPS) is 8.98. The van der Waals surface area contributed by atoms with Gasteiger partial charge < -0.3 is 9.53 Å². The maximum Gasteiger partial charge on any atom is 0.310 e. The highest BCUT2D eigenvalue weighted by Gasteiger charge is 2.05. The lowest BCUT2D eigenvalue weighted by Gasteiger charge is -1.96. The first-order valence-corrected chi connectivity index (χ1v) is 16.7. The fourth-order valence-electron chi connectivity index (χ4n) is 0.267. The first kappa shape index (κ1) is 63.7. The molecule has 0 unspecified atom stereocenters. The number of Topliss-reactive ketones (excluding diaryl/α,β-unsaturated/α-hetero) is 2. The molecule has 0 aliphatic heterocycles. The minimum absolute atomic E-state index is 0. The van der Waals surface area contributed by atoms with Crippen molar-refractivity contribution >= 4 is 27.4 Å². The summed E-state index contributed by atoms with van der Waals surface area (Å²) in [4.78, 5) is 30.4. The minimum atomic E-state index is -2.74. The van der Waals surface area contributed by atoms with Crippen molar-refractivity contribution in [3.63, 3.8) is 0 Å². The van der Waals surface area contributed by atoms with Crippen LogP contribution in [0, 0.1) is 23.7 Å². The van der Waals surface area contributed by atoms with Gasteiger partial charge in [0, 0.05) is 25.0 Å². The van der Waals surface area contributed by atoms with Crippen molar-refractivity contribution in [2.24, 2.45) is 23.7 Å². The lowest BCUT2D eigenvalue weighted by Crippen LogP contribution is -2.10. The molecule has 0 atom stereocenters. The summed E-state index contributed by atoms with van der Waals surface area (Å²) < 4.78 is 25.3. The molecular formula is C35H80O6S. The number of sulfone groups is 1. The van der Waals surface area contributed by atoms with Crippen LogP contribution in [0.5, 0.6) is 0 Å². The van der Waals surface area contributed by atoms with E-state index in [9.17, 15) is 22.8 Å². The molecule has 0 aromatic rings. The number of allylic oxidation sites excluding steroid dienone is 1. The van der Waals surface area contributed by atoms with Crippen LogP contribution in [0.4, 0.5) is 0 Å². The van der Waals surface area contributed by atoms with Gasteiger partial charge in [-0.15, -0.1) is 0 Å². The molecule has 0 N–H and O–H groups in total. The van der Waals surface area contributed by atoms with E-state index < -0.39 is 9.84 Å². The van der Waals surface area contributed by atoms with Gasteiger partial charge in [0.1, 0.15) is 21.4 Å². The molecule has 0 aromatic heterocycles. The van der Waals surface area contributed by atoms with Crippen LogP contribution < -0.4 is 0 Å². The molecule has 0 aliphatic rings. The Bertz CT molecular complexity index is 671. The maximum absolute atomic E-state index is 10.4. The number of carbonyl (C=O) groups excluding carboxylic acids is 3. The van der Waals surface area contributed by atoms with Crippen molar-refractivity contribution in [3.05, 3.63) is 11.8 Å². The summed E-state index contributed by atoms with van der Waals surface area (Å²) in [6.45, 7) is 37.3. The number of hydrogen-bond donors (Lipinski definition) is 0. The molecule has 42 heavy (non-hydrogen) atoms. The van der Waals surface area contributed by atoms with Crippen molar-refractivity contribution in [1.29, 1.82) is 0 Å². The van der Waals surface area contributed by atoms with Crippen LogP contribution >= 0.6 is 0 Å². The van der Waals surface area contributed by atoms with E-state index >= 15 is 0 Å². The van der Waals surface area contributed by atoms with Crippen LogP contribution in [0.2, 0.25) is 0 Å². The van der Waals surface area contributed by atoms with Gasteiger partial charge in [-0.2, -0.15) is 0 Å². The molecule has 0 radical (unpaired) electrons. The Morgan fingerprint density at radius 3 is 0.952 bits per heavy atom. The molecule has 0 aliphatic carbocycles. The third kappa shape index (κ3) is 142. The molecule has 0 aromatic carbocycles. The summed E-state index contributed by atoms with van der Waals surface area (Å²) in [5.41, 5.74) is 0.997. The van der Waals surface area contributed by atoms with Gasteiger partial charge in [0.05, 0.1) is 11.5 Å². The number of rotatable bonds is 6. The highest BCUT2D eigenvalue weighted by atomic mass is 32.2. The Hall–Kier alpha value is -1.50. The van der Waals surface area contributed by atoms with Gasteiger partial charge in [-0.05, 0) is 64.9 Å². The van der Waals surface area contributed by atoms with E-state index in [0.717, 1.165) is 23.3 Å². The number of carbonyl (C=O) groups is 3. The fraction of sp³-hybridized carbons (Fsp3) is 0.857. The molecule has 262 valence electrons. The molecule has 7 heteroatoms. The molecule has 0 saturated heterocycles. The Kier molecular flexibility index (Phi) is 66.6. The smallest absolute Gasteiger partial charge is 0.310 e. The van der Waals surface area contributed by atoms with E-state index in [1.807, 2.05) is 34.6 Å². The Morgan fingerprint density at radius 1 is 0.667 bits per heavy atom. The molecule has 0 bridgehead atoms. The number of ether oxygens (including phenoxy) is 1. The summed E-state index contributed by atoms with van der Waals surface area (Å²) in [5.74, 6) is 3.09. The Balaban J connectivity index is -0.0000000437. The van der Waals surface area contributed by atoms with Crippen molar-refractivity contribution in [2.75, 3.05) is 6.26 Å². The minimum Gasteiger partial charge on any atom is -0.435 e. The topological polar surface area (TPSA) is 94.6 Å². The Labute approximate surface area is 267 Å². The van der Waals surface area contributed by atoms with Crippen molar-refractivity contribution in [3.8, 4) is 0 Å². The van der Waals surface area contributed by atoms with Crippen LogP contribution in [-0.4, -0.2) is 37.5 Å².